The first kappa shape index (κ1) is 8.99. The molecule has 0 radical (unpaired) electrons. The highest BCUT2D eigenvalue weighted by molar-refractivity contribution is 7.80. The van der Waals surface area contributed by atoms with E-state index in [1.54, 1.807) is 5.56 Å². The van der Waals surface area contributed by atoms with Crippen LogP contribution in [-0.4, -0.2) is 18.1 Å². The number of nitrogens with zero attached hydrogens (tertiary/aromatic N) is 1. The Bertz CT molecular complexity index is 565. The SMILES string of the molecule is Sc1ccc2[nH]c3c(c2c1)C1CCN3CC1. The number of piperidine rings is 1. The maximum absolute atomic E-state index is 4.45. The molecule has 1 aromatic heterocycles. The fraction of sp³-hybridized carbons (Fsp3) is 0.385. The van der Waals surface area contributed by atoms with Gasteiger partial charge >= 0.3 is 0 Å². The normalized spacial score (nSPS) is 19.4. The number of hydrogen-bond donors (Lipinski definition) is 2. The van der Waals surface area contributed by atoms with Gasteiger partial charge in [0.1, 0.15) is 5.82 Å². The van der Waals surface area contributed by atoms with Crippen LogP contribution in [0.5, 0.6) is 0 Å². The summed E-state index contributed by atoms with van der Waals surface area (Å²) in [6.45, 7) is 2.44. The zero-order chi connectivity index (χ0) is 10.7. The maximum atomic E-state index is 4.45. The lowest BCUT2D eigenvalue weighted by Gasteiger charge is -2.40. The van der Waals surface area contributed by atoms with Gasteiger partial charge in [-0.25, -0.2) is 0 Å². The maximum Gasteiger partial charge on any atom is 0.110 e. The van der Waals surface area contributed by atoms with Gasteiger partial charge < -0.3 is 9.88 Å². The second-order valence-electron chi connectivity index (χ2n) is 4.88. The van der Waals surface area contributed by atoms with Crippen molar-refractivity contribution in [1.29, 1.82) is 0 Å². The number of nitrogens with one attached hydrogen (secondary N) is 1. The minimum absolute atomic E-state index is 0.767. The third-order valence-electron chi connectivity index (χ3n) is 4.02. The Morgan fingerprint density at radius 3 is 2.88 bits per heavy atom. The lowest BCUT2D eigenvalue weighted by Crippen LogP contribution is -2.38. The van der Waals surface area contributed by atoms with Crippen molar-refractivity contribution < 1.29 is 0 Å². The van der Waals surface area contributed by atoms with Gasteiger partial charge in [0.15, 0.2) is 0 Å². The van der Waals surface area contributed by atoms with Gasteiger partial charge in [-0.15, -0.1) is 12.6 Å². The van der Waals surface area contributed by atoms with E-state index in [2.05, 4.69) is 40.7 Å². The van der Waals surface area contributed by atoms with E-state index >= 15 is 0 Å². The van der Waals surface area contributed by atoms with E-state index in [1.807, 2.05) is 0 Å². The Kier molecular flexibility index (Phi) is 1.67. The quantitative estimate of drug-likeness (QED) is 0.666. The second kappa shape index (κ2) is 2.98. The van der Waals surface area contributed by atoms with Gasteiger partial charge in [-0.3, -0.25) is 0 Å². The van der Waals surface area contributed by atoms with Crippen LogP contribution in [0, 0.1) is 0 Å². The number of hydrogen-bond acceptors (Lipinski definition) is 2. The smallest absolute Gasteiger partial charge is 0.110 e. The molecule has 1 N–H and O–H groups in total. The summed E-state index contributed by atoms with van der Waals surface area (Å²) in [6.07, 6.45) is 2.63. The van der Waals surface area contributed by atoms with Crippen molar-refractivity contribution in [2.75, 3.05) is 18.0 Å². The minimum atomic E-state index is 0.767. The lowest BCUT2D eigenvalue weighted by atomic mass is 9.84. The molecule has 0 spiro atoms. The number of thiol groups is 1. The molecule has 0 amide bonds. The van der Waals surface area contributed by atoms with E-state index in [0.29, 0.717) is 0 Å². The Morgan fingerprint density at radius 2 is 2.06 bits per heavy atom. The van der Waals surface area contributed by atoms with Crippen molar-refractivity contribution in [2.24, 2.45) is 0 Å². The molecule has 3 aliphatic rings. The number of rotatable bonds is 0. The highest BCUT2D eigenvalue weighted by Crippen LogP contribution is 2.45. The fourth-order valence-corrected chi connectivity index (χ4v) is 3.44. The highest BCUT2D eigenvalue weighted by atomic mass is 32.1. The van der Waals surface area contributed by atoms with Gasteiger partial charge in [-0.1, -0.05) is 0 Å². The van der Waals surface area contributed by atoms with Crippen LogP contribution in [0.15, 0.2) is 23.1 Å². The molecule has 2 aromatic rings. The zero-order valence-corrected chi connectivity index (χ0v) is 9.93. The number of H-pyrrole nitrogens is 1. The Labute approximate surface area is 100 Å². The molecule has 0 unspecified atom stereocenters. The molecule has 0 atom stereocenters. The number of aromatic nitrogens is 1. The molecule has 2 bridgehead atoms. The molecule has 3 aliphatic heterocycles. The second-order valence-corrected chi connectivity index (χ2v) is 5.39. The summed E-state index contributed by atoms with van der Waals surface area (Å²) < 4.78 is 0. The number of anilines is 1. The average molecular weight is 230 g/mol. The highest BCUT2D eigenvalue weighted by Gasteiger charge is 2.33. The Balaban J connectivity index is 2.08. The van der Waals surface area contributed by atoms with Crippen molar-refractivity contribution in [3.63, 3.8) is 0 Å². The summed E-state index contributed by atoms with van der Waals surface area (Å²) in [6, 6.07) is 6.41. The Morgan fingerprint density at radius 1 is 1.25 bits per heavy atom. The number of benzene rings is 1. The molecule has 2 nitrogen and oxygen atoms in total. The molecular formula is C13H14N2S. The summed E-state index contributed by atoms with van der Waals surface area (Å²) in [5.41, 5.74) is 2.81. The van der Waals surface area contributed by atoms with Crippen LogP contribution in [0.25, 0.3) is 10.9 Å². The Hall–Kier alpha value is -1.09. The first-order valence-electron chi connectivity index (χ1n) is 5.92. The van der Waals surface area contributed by atoms with E-state index in [9.17, 15) is 0 Å². The first-order chi connectivity index (χ1) is 7.83. The predicted molar refractivity (Wildman–Crippen MR) is 69.7 cm³/mol. The van der Waals surface area contributed by atoms with Crippen molar-refractivity contribution in [3.8, 4) is 0 Å². The van der Waals surface area contributed by atoms with E-state index in [1.165, 1.54) is 42.7 Å². The minimum Gasteiger partial charge on any atom is -0.358 e. The van der Waals surface area contributed by atoms with Gasteiger partial charge in [0.05, 0.1) is 0 Å². The summed E-state index contributed by atoms with van der Waals surface area (Å²) in [5, 5.41) is 1.39. The van der Waals surface area contributed by atoms with E-state index in [4.69, 9.17) is 0 Å². The molecule has 3 heteroatoms. The zero-order valence-electron chi connectivity index (χ0n) is 9.03. The van der Waals surface area contributed by atoms with Gasteiger partial charge in [0.25, 0.3) is 0 Å². The van der Waals surface area contributed by atoms with Crippen molar-refractivity contribution >= 4 is 29.3 Å². The fourth-order valence-electron chi connectivity index (χ4n) is 3.24. The monoisotopic (exact) mass is 230 g/mol. The van der Waals surface area contributed by atoms with Crippen LogP contribution in [0.2, 0.25) is 0 Å². The van der Waals surface area contributed by atoms with E-state index in [0.717, 1.165) is 10.8 Å². The van der Waals surface area contributed by atoms with E-state index < -0.39 is 0 Å². The van der Waals surface area contributed by atoms with Crippen LogP contribution < -0.4 is 4.90 Å². The van der Waals surface area contributed by atoms with Gasteiger partial charge in [0.2, 0.25) is 0 Å². The standard InChI is InChI=1S/C13H14N2S/c16-9-1-2-11-10(7-9)12-8-3-5-15(6-4-8)13(12)14-11/h1-2,7-8,14,16H,3-6H2. The van der Waals surface area contributed by atoms with Crippen LogP contribution in [0.4, 0.5) is 5.82 Å². The molecule has 4 heterocycles. The van der Waals surface area contributed by atoms with Crippen LogP contribution in [0.3, 0.4) is 0 Å². The van der Waals surface area contributed by atoms with E-state index in [-0.39, 0.29) is 0 Å². The molecule has 16 heavy (non-hydrogen) atoms. The third-order valence-corrected chi connectivity index (χ3v) is 4.30. The third kappa shape index (κ3) is 1.04. The lowest BCUT2D eigenvalue weighted by molar-refractivity contribution is 0.475. The summed E-state index contributed by atoms with van der Waals surface area (Å²) in [7, 11) is 0. The average Bonchev–Trinajstić information content (AvgIpc) is 2.71. The summed E-state index contributed by atoms with van der Waals surface area (Å²) in [5.74, 6) is 2.14. The molecule has 5 rings (SSSR count). The number of aromatic amines is 1. The molecule has 82 valence electrons. The van der Waals surface area contributed by atoms with Crippen LogP contribution in [0.1, 0.15) is 24.3 Å². The van der Waals surface area contributed by atoms with Gasteiger partial charge in [0, 0.05) is 34.5 Å². The molecule has 0 saturated carbocycles. The molecule has 1 saturated heterocycles. The van der Waals surface area contributed by atoms with Crippen LogP contribution >= 0.6 is 12.6 Å². The predicted octanol–water partition coefficient (Wildman–Crippen LogP) is 3.15. The number of fused-ring (bicyclic) bond motifs is 3. The first-order valence-corrected chi connectivity index (χ1v) is 6.37. The van der Waals surface area contributed by atoms with Crippen molar-refractivity contribution in [1.82, 2.24) is 4.98 Å². The molecule has 1 aromatic carbocycles. The summed E-state index contributed by atoms with van der Waals surface area (Å²) in [4.78, 5) is 7.12. The van der Waals surface area contributed by atoms with Crippen molar-refractivity contribution in [3.05, 3.63) is 23.8 Å². The summed E-state index contributed by atoms with van der Waals surface area (Å²) >= 11 is 4.45. The van der Waals surface area contributed by atoms with Crippen molar-refractivity contribution in [2.45, 2.75) is 23.7 Å². The van der Waals surface area contributed by atoms with Gasteiger partial charge in [-0.2, -0.15) is 0 Å². The molecule has 0 aliphatic carbocycles. The topological polar surface area (TPSA) is 19.0 Å². The largest absolute Gasteiger partial charge is 0.358 e. The van der Waals surface area contributed by atoms with Gasteiger partial charge in [-0.05, 0) is 37.0 Å². The van der Waals surface area contributed by atoms with Crippen LogP contribution in [-0.2, 0) is 0 Å². The molecular weight excluding hydrogens is 216 g/mol. The molecule has 1 fully saturated rings.